The molecule has 4 aromatic carbocycles. The van der Waals surface area contributed by atoms with E-state index < -0.39 is 0 Å². The first-order chi connectivity index (χ1) is 25.8. The van der Waals surface area contributed by atoms with Crippen LogP contribution < -0.4 is 0 Å². The van der Waals surface area contributed by atoms with Gasteiger partial charge in [-0.3, -0.25) is 0 Å². The van der Waals surface area contributed by atoms with Gasteiger partial charge in [-0.15, -0.1) is 90.7 Å². The van der Waals surface area contributed by atoms with Crippen molar-refractivity contribution in [3.63, 3.8) is 0 Å². The fourth-order valence-corrected chi connectivity index (χ4v) is 15.7. The molecule has 0 amide bonds. The van der Waals surface area contributed by atoms with Crippen molar-refractivity contribution < 1.29 is 0 Å². The Balaban J connectivity index is 0.000000113. The molecule has 10 aromatic heterocycles. The molecule has 0 saturated carbocycles. The number of hydrogen-bond donors (Lipinski definition) is 0. The highest BCUT2D eigenvalue weighted by Crippen LogP contribution is 2.45. The molecule has 12 heteroatoms. The standard InChI is InChI=1S/2C20H8N2S4/c2*1-5-23-17-9(1)13-14(10-2-6-24-18(10)17)22-16-12-4-8-26-20(12)19-11(3-7-25-19)15(16)21-13/h2*1-8H. The molecule has 4 nitrogen and oxygen atoms in total. The summed E-state index contributed by atoms with van der Waals surface area (Å²) in [6.45, 7) is 0. The second-order valence-electron chi connectivity index (χ2n) is 12.5. The smallest absolute Gasteiger partial charge is 0.0988 e. The van der Waals surface area contributed by atoms with Crippen LogP contribution in [0.1, 0.15) is 0 Å². The van der Waals surface area contributed by atoms with Gasteiger partial charge in [0.2, 0.25) is 0 Å². The molecule has 0 radical (unpaired) electrons. The van der Waals surface area contributed by atoms with Crippen LogP contribution in [0.2, 0.25) is 0 Å². The lowest BCUT2D eigenvalue weighted by atomic mass is 10.1. The maximum Gasteiger partial charge on any atom is 0.0988 e. The van der Waals surface area contributed by atoms with Crippen LogP contribution in [0.5, 0.6) is 0 Å². The number of thiophene rings is 8. The van der Waals surface area contributed by atoms with E-state index in [0.29, 0.717) is 0 Å². The molecule has 0 fully saturated rings. The van der Waals surface area contributed by atoms with Crippen LogP contribution in [0.15, 0.2) is 91.6 Å². The zero-order valence-corrected chi connectivity index (χ0v) is 32.8. The van der Waals surface area contributed by atoms with Gasteiger partial charge in [-0.1, -0.05) is 0 Å². The van der Waals surface area contributed by atoms with E-state index in [0.717, 1.165) is 44.1 Å². The highest BCUT2D eigenvalue weighted by Gasteiger charge is 2.20. The van der Waals surface area contributed by atoms with Gasteiger partial charge >= 0.3 is 0 Å². The molecule has 14 aromatic rings. The Hall–Kier alpha value is -4.24. The maximum absolute atomic E-state index is 5.20. The molecule has 14 rings (SSSR count). The second-order valence-corrected chi connectivity index (χ2v) is 19.9. The van der Waals surface area contributed by atoms with E-state index in [1.807, 2.05) is 0 Å². The SMILES string of the molecule is c1cc2c3nc4c5ccsc5c5sccc5c4nc3c3ccsc3c2s1.c1cc2c3nc4c5ccsc5c5sccc5c4nc3c3ccsc3c2s1. The summed E-state index contributed by atoms with van der Waals surface area (Å²) in [7, 11) is 0. The van der Waals surface area contributed by atoms with Crippen molar-refractivity contribution in [2.24, 2.45) is 0 Å². The van der Waals surface area contributed by atoms with Gasteiger partial charge in [-0.2, -0.15) is 0 Å². The molecule has 0 saturated heterocycles. The summed E-state index contributed by atoms with van der Waals surface area (Å²) < 4.78 is 10.6. The molecule has 52 heavy (non-hydrogen) atoms. The Morgan fingerprint density at radius 3 is 0.481 bits per heavy atom. The summed E-state index contributed by atoms with van der Waals surface area (Å²) >= 11 is 14.4. The Labute approximate surface area is 324 Å². The largest absolute Gasteiger partial charge is 0.243 e. The van der Waals surface area contributed by atoms with Crippen LogP contribution in [0.3, 0.4) is 0 Å². The first-order valence-corrected chi connectivity index (χ1v) is 23.3. The molecular weight excluding hydrogens is 793 g/mol. The lowest BCUT2D eigenvalue weighted by molar-refractivity contribution is 1.45. The molecule has 0 aliphatic rings. The summed E-state index contributed by atoms with van der Waals surface area (Å²) in [5.41, 5.74) is 8.24. The molecule has 0 spiro atoms. The van der Waals surface area contributed by atoms with Crippen molar-refractivity contribution in [2.75, 3.05) is 0 Å². The third kappa shape index (κ3) is 3.78. The van der Waals surface area contributed by atoms with Gasteiger partial charge in [0.05, 0.1) is 81.7 Å². The molecule has 0 unspecified atom stereocenters. The van der Waals surface area contributed by atoms with Crippen LogP contribution in [-0.4, -0.2) is 19.9 Å². The van der Waals surface area contributed by atoms with Crippen LogP contribution in [0, 0.1) is 0 Å². The fraction of sp³-hybridized carbons (Fsp3) is 0. The second kappa shape index (κ2) is 10.7. The Morgan fingerprint density at radius 2 is 0.346 bits per heavy atom. The summed E-state index contributed by atoms with van der Waals surface area (Å²) in [6, 6.07) is 17.5. The lowest BCUT2D eigenvalue weighted by Gasteiger charge is -2.07. The van der Waals surface area contributed by atoms with E-state index >= 15 is 0 Å². The van der Waals surface area contributed by atoms with E-state index in [4.69, 9.17) is 19.9 Å². The predicted molar refractivity (Wildman–Crippen MR) is 237 cm³/mol. The van der Waals surface area contributed by atoms with Crippen LogP contribution in [-0.2, 0) is 0 Å². The molecule has 0 N–H and O–H groups in total. The molecule has 244 valence electrons. The van der Waals surface area contributed by atoms with Crippen molar-refractivity contribution in [1.29, 1.82) is 0 Å². The molecule has 0 aliphatic heterocycles. The minimum absolute atomic E-state index is 1.03. The summed E-state index contributed by atoms with van der Waals surface area (Å²) in [6.07, 6.45) is 0. The van der Waals surface area contributed by atoms with Crippen LogP contribution >= 0.6 is 90.7 Å². The van der Waals surface area contributed by atoms with E-state index in [1.165, 1.54) is 80.7 Å². The number of hydrogen-bond acceptors (Lipinski definition) is 12. The highest BCUT2D eigenvalue weighted by molar-refractivity contribution is 7.27. The number of rotatable bonds is 0. The van der Waals surface area contributed by atoms with Gasteiger partial charge < -0.3 is 0 Å². The monoisotopic (exact) mass is 808 g/mol. The van der Waals surface area contributed by atoms with Crippen LogP contribution in [0.4, 0.5) is 0 Å². The summed E-state index contributed by atoms with van der Waals surface area (Å²) in [5.74, 6) is 0. The summed E-state index contributed by atoms with van der Waals surface area (Å²) in [4.78, 5) is 20.8. The van der Waals surface area contributed by atoms with Gasteiger partial charge in [-0.05, 0) is 91.6 Å². The number of benzene rings is 4. The molecule has 0 bridgehead atoms. The minimum Gasteiger partial charge on any atom is -0.243 e. The predicted octanol–water partition coefficient (Wildman–Crippen LogP) is 15.3. The van der Waals surface area contributed by atoms with E-state index in [2.05, 4.69) is 91.6 Å². The van der Waals surface area contributed by atoms with Gasteiger partial charge in [0.1, 0.15) is 0 Å². The Bertz CT molecular complexity index is 3050. The van der Waals surface area contributed by atoms with Crippen molar-refractivity contribution in [1.82, 2.24) is 19.9 Å². The van der Waals surface area contributed by atoms with Crippen LogP contribution in [0.25, 0.3) is 125 Å². The number of fused-ring (bicyclic) bond motifs is 24. The van der Waals surface area contributed by atoms with Gasteiger partial charge in [-0.25, -0.2) is 19.9 Å². The van der Waals surface area contributed by atoms with Gasteiger partial charge in [0.15, 0.2) is 0 Å². The van der Waals surface area contributed by atoms with Crippen molar-refractivity contribution in [2.45, 2.75) is 0 Å². The van der Waals surface area contributed by atoms with E-state index in [-0.39, 0.29) is 0 Å². The number of aromatic nitrogens is 4. The Kier molecular flexibility index (Phi) is 6.00. The van der Waals surface area contributed by atoms with E-state index in [9.17, 15) is 0 Å². The van der Waals surface area contributed by atoms with E-state index in [1.54, 1.807) is 90.7 Å². The quantitative estimate of drug-likeness (QED) is 0.143. The first-order valence-electron chi connectivity index (χ1n) is 16.3. The van der Waals surface area contributed by atoms with Crippen molar-refractivity contribution in [3.05, 3.63) is 91.6 Å². The zero-order valence-electron chi connectivity index (χ0n) is 26.3. The maximum atomic E-state index is 5.20. The van der Waals surface area contributed by atoms with Gasteiger partial charge in [0, 0.05) is 43.1 Å². The lowest BCUT2D eigenvalue weighted by Crippen LogP contribution is -1.90. The highest BCUT2D eigenvalue weighted by atomic mass is 32.1. The number of nitrogens with zero attached hydrogens (tertiary/aromatic N) is 4. The van der Waals surface area contributed by atoms with Crippen molar-refractivity contribution >= 4 is 216 Å². The molecular formula is C40H16N4S8. The molecule has 0 atom stereocenters. The normalized spacial score (nSPS) is 12.6. The average Bonchev–Trinajstić information content (AvgIpc) is 4.04. The van der Waals surface area contributed by atoms with Gasteiger partial charge in [0.25, 0.3) is 0 Å². The Morgan fingerprint density at radius 1 is 0.212 bits per heavy atom. The topological polar surface area (TPSA) is 51.6 Å². The minimum atomic E-state index is 1.03. The molecule has 0 aliphatic carbocycles. The third-order valence-electron chi connectivity index (χ3n) is 9.98. The molecule has 10 heterocycles. The first kappa shape index (κ1) is 29.2. The fourth-order valence-electron chi connectivity index (χ4n) is 7.75. The zero-order chi connectivity index (χ0) is 33.7. The van der Waals surface area contributed by atoms with Crippen molar-refractivity contribution in [3.8, 4) is 0 Å². The average molecular weight is 809 g/mol. The third-order valence-corrected chi connectivity index (χ3v) is 18.0. The summed E-state index contributed by atoms with van der Waals surface area (Å²) in [5, 5.41) is 27.1.